The highest BCUT2D eigenvalue weighted by Crippen LogP contribution is 2.31. The number of benzene rings is 1. The number of halogens is 1. The minimum absolute atomic E-state index is 0.0210. The molecule has 2 N–H and O–H groups in total. The first kappa shape index (κ1) is 19.9. The lowest BCUT2D eigenvalue weighted by Crippen LogP contribution is -2.21. The molecule has 0 atom stereocenters. The summed E-state index contributed by atoms with van der Waals surface area (Å²) in [4.78, 5) is 21.6. The molecule has 5 rings (SSSR count). The molecule has 162 valence electrons. The smallest absolute Gasteiger partial charge is 0.333 e. The van der Waals surface area contributed by atoms with E-state index in [1.807, 2.05) is 49.8 Å². The number of rotatable bonds is 3. The fraction of sp³-hybridized carbons (Fsp3) is 0.217. The van der Waals surface area contributed by atoms with Crippen LogP contribution in [0.1, 0.15) is 25.6 Å². The highest BCUT2D eigenvalue weighted by molar-refractivity contribution is 6.04. The van der Waals surface area contributed by atoms with Crippen LogP contribution >= 0.6 is 0 Å². The molecule has 32 heavy (non-hydrogen) atoms. The third-order valence-electron chi connectivity index (χ3n) is 5.74. The number of aromatic nitrogens is 6. The Morgan fingerprint density at radius 2 is 1.88 bits per heavy atom. The average molecular weight is 431 g/mol. The summed E-state index contributed by atoms with van der Waals surface area (Å²) in [7, 11) is 1.73. The Labute approximate surface area is 182 Å². The Kier molecular flexibility index (Phi) is 4.37. The normalized spacial score (nSPS) is 11.8. The van der Waals surface area contributed by atoms with Gasteiger partial charge in [0.1, 0.15) is 0 Å². The van der Waals surface area contributed by atoms with Gasteiger partial charge in [-0.25, -0.2) is 9.78 Å². The van der Waals surface area contributed by atoms with Crippen LogP contribution in [0.25, 0.3) is 38.8 Å². The number of fused-ring (bicyclic) bond motifs is 3. The summed E-state index contributed by atoms with van der Waals surface area (Å²) in [6.07, 6.45) is 5.03. The quantitative estimate of drug-likeness (QED) is 0.439. The Bertz CT molecular complexity index is 1580. The van der Waals surface area contributed by atoms with Gasteiger partial charge in [-0.05, 0) is 44.5 Å². The first-order valence-corrected chi connectivity index (χ1v) is 10.2. The maximum Gasteiger partial charge on any atom is 0.333 e. The summed E-state index contributed by atoms with van der Waals surface area (Å²) in [6, 6.07) is 7.39. The number of nitrogens with zero attached hydrogens (tertiary/aromatic N) is 6. The minimum atomic E-state index is -0.701. The molecule has 1 aromatic carbocycles. The van der Waals surface area contributed by atoms with Crippen molar-refractivity contribution in [1.82, 2.24) is 28.9 Å². The SMILES string of the molecule is Cc1nn(C(C)C)cc1-n1c(=O)n(C)c2cnc3ccc(-c4cnc(F)c(N)c4)cc3c21. The standard InChI is InChI=1S/C23H22FN7O/c1-12(2)30-11-20(13(3)28-30)31-21-16-7-14(15-8-17(25)22(24)27-9-15)5-6-18(16)26-10-19(21)29(4)23(31)32/h5-12H,25H2,1-4H3. The second kappa shape index (κ2) is 7.01. The van der Waals surface area contributed by atoms with Crippen LogP contribution in [0.3, 0.4) is 0 Å². The van der Waals surface area contributed by atoms with Gasteiger partial charge in [0.15, 0.2) is 0 Å². The molecule has 0 saturated carbocycles. The molecular formula is C23H22FN7O. The first-order valence-electron chi connectivity index (χ1n) is 10.2. The van der Waals surface area contributed by atoms with E-state index < -0.39 is 5.95 Å². The molecule has 0 aliphatic rings. The Morgan fingerprint density at radius 1 is 1.09 bits per heavy atom. The van der Waals surface area contributed by atoms with E-state index in [9.17, 15) is 9.18 Å². The number of nitrogens with two attached hydrogens (primary N) is 1. The van der Waals surface area contributed by atoms with Crippen LogP contribution in [-0.4, -0.2) is 28.9 Å². The molecule has 0 unspecified atom stereocenters. The summed E-state index contributed by atoms with van der Waals surface area (Å²) in [6.45, 7) is 5.97. The average Bonchev–Trinajstić information content (AvgIpc) is 3.27. The Morgan fingerprint density at radius 3 is 2.56 bits per heavy atom. The van der Waals surface area contributed by atoms with Crippen LogP contribution in [0.5, 0.6) is 0 Å². The van der Waals surface area contributed by atoms with E-state index in [-0.39, 0.29) is 17.4 Å². The summed E-state index contributed by atoms with van der Waals surface area (Å²) in [5.74, 6) is -0.701. The summed E-state index contributed by atoms with van der Waals surface area (Å²) >= 11 is 0. The van der Waals surface area contributed by atoms with E-state index in [0.717, 1.165) is 33.4 Å². The molecule has 0 bridgehead atoms. The van der Waals surface area contributed by atoms with Crippen molar-refractivity contribution in [3.63, 3.8) is 0 Å². The molecule has 0 spiro atoms. The lowest BCUT2D eigenvalue weighted by Gasteiger charge is -2.08. The molecule has 0 aliphatic heterocycles. The monoisotopic (exact) mass is 431 g/mol. The van der Waals surface area contributed by atoms with Crippen molar-refractivity contribution < 1.29 is 4.39 Å². The van der Waals surface area contributed by atoms with Crippen molar-refractivity contribution in [2.24, 2.45) is 7.05 Å². The van der Waals surface area contributed by atoms with Gasteiger partial charge >= 0.3 is 5.69 Å². The largest absolute Gasteiger partial charge is 0.395 e. The number of nitrogen functional groups attached to an aromatic ring is 1. The van der Waals surface area contributed by atoms with Crippen molar-refractivity contribution in [2.75, 3.05) is 5.73 Å². The van der Waals surface area contributed by atoms with Gasteiger partial charge in [-0.1, -0.05) is 6.07 Å². The molecule has 0 saturated heterocycles. The van der Waals surface area contributed by atoms with Crippen molar-refractivity contribution in [3.8, 4) is 16.8 Å². The van der Waals surface area contributed by atoms with Gasteiger partial charge in [-0.3, -0.25) is 18.8 Å². The maximum absolute atomic E-state index is 13.6. The highest BCUT2D eigenvalue weighted by Gasteiger charge is 2.20. The van der Waals surface area contributed by atoms with Crippen molar-refractivity contribution in [1.29, 1.82) is 0 Å². The lowest BCUT2D eigenvalue weighted by atomic mass is 10.0. The zero-order valence-corrected chi connectivity index (χ0v) is 18.2. The van der Waals surface area contributed by atoms with Crippen LogP contribution in [0.4, 0.5) is 10.1 Å². The van der Waals surface area contributed by atoms with Gasteiger partial charge in [-0.15, -0.1) is 0 Å². The topological polar surface area (TPSA) is 96.5 Å². The van der Waals surface area contributed by atoms with E-state index >= 15 is 0 Å². The maximum atomic E-state index is 13.6. The molecule has 9 heteroatoms. The van der Waals surface area contributed by atoms with Crippen molar-refractivity contribution >= 4 is 27.6 Å². The Balaban J connectivity index is 1.85. The zero-order chi connectivity index (χ0) is 22.7. The molecule has 0 fully saturated rings. The van der Waals surface area contributed by atoms with E-state index in [0.29, 0.717) is 11.1 Å². The van der Waals surface area contributed by atoms with Crippen LogP contribution in [-0.2, 0) is 7.05 Å². The van der Waals surface area contributed by atoms with E-state index in [4.69, 9.17) is 5.73 Å². The third kappa shape index (κ3) is 2.89. The van der Waals surface area contributed by atoms with Crippen LogP contribution < -0.4 is 11.4 Å². The summed E-state index contributed by atoms with van der Waals surface area (Å²) < 4.78 is 18.7. The van der Waals surface area contributed by atoms with E-state index in [1.54, 1.807) is 28.4 Å². The zero-order valence-electron chi connectivity index (χ0n) is 18.2. The number of imidazole rings is 1. The Hall–Kier alpha value is -4.01. The molecule has 4 heterocycles. The second-order valence-corrected chi connectivity index (χ2v) is 8.18. The van der Waals surface area contributed by atoms with E-state index in [2.05, 4.69) is 15.1 Å². The fourth-order valence-corrected chi connectivity index (χ4v) is 3.98. The molecule has 8 nitrogen and oxygen atoms in total. The lowest BCUT2D eigenvalue weighted by molar-refractivity contribution is 0.529. The van der Waals surface area contributed by atoms with E-state index in [1.165, 1.54) is 6.20 Å². The van der Waals surface area contributed by atoms with Gasteiger partial charge in [0.05, 0.1) is 39.8 Å². The van der Waals surface area contributed by atoms with Crippen LogP contribution in [0, 0.1) is 12.9 Å². The highest BCUT2D eigenvalue weighted by atomic mass is 19.1. The number of aryl methyl sites for hydroxylation is 2. The van der Waals surface area contributed by atoms with Gasteiger partial charge in [0, 0.05) is 36.4 Å². The van der Waals surface area contributed by atoms with Gasteiger partial charge in [0.2, 0.25) is 5.95 Å². The van der Waals surface area contributed by atoms with Gasteiger partial charge in [0.25, 0.3) is 0 Å². The van der Waals surface area contributed by atoms with Crippen molar-refractivity contribution in [2.45, 2.75) is 26.8 Å². The minimum Gasteiger partial charge on any atom is -0.395 e. The fourth-order valence-electron chi connectivity index (χ4n) is 3.98. The van der Waals surface area contributed by atoms with Gasteiger partial charge < -0.3 is 5.73 Å². The molecule has 0 aliphatic carbocycles. The molecular weight excluding hydrogens is 409 g/mol. The summed E-state index contributed by atoms with van der Waals surface area (Å²) in [5, 5.41) is 5.37. The van der Waals surface area contributed by atoms with Crippen LogP contribution in [0.2, 0.25) is 0 Å². The van der Waals surface area contributed by atoms with Crippen molar-refractivity contribution in [3.05, 3.63) is 65.0 Å². The van der Waals surface area contributed by atoms with Crippen LogP contribution in [0.15, 0.2) is 47.7 Å². The summed E-state index contributed by atoms with van der Waals surface area (Å²) in [5.41, 5.74) is 10.6. The van der Waals surface area contributed by atoms with Gasteiger partial charge in [-0.2, -0.15) is 9.49 Å². The third-order valence-corrected chi connectivity index (χ3v) is 5.74. The molecule has 0 amide bonds. The molecule has 0 radical (unpaired) electrons. The number of pyridine rings is 2. The second-order valence-electron chi connectivity index (χ2n) is 8.18. The number of hydrogen-bond acceptors (Lipinski definition) is 5. The predicted molar refractivity (Wildman–Crippen MR) is 122 cm³/mol. The molecule has 5 aromatic rings. The number of anilines is 1. The molecule has 4 aromatic heterocycles. The number of hydrogen-bond donors (Lipinski definition) is 1. The first-order chi connectivity index (χ1) is 15.3. The predicted octanol–water partition coefficient (Wildman–Crippen LogP) is 3.75.